The van der Waals surface area contributed by atoms with Crippen LogP contribution in [0.4, 0.5) is 19.3 Å². The molecule has 2 atom stereocenters. The van der Waals surface area contributed by atoms with Gasteiger partial charge in [0.2, 0.25) is 0 Å². The van der Waals surface area contributed by atoms with Crippen molar-refractivity contribution in [1.82, 2.24) is 4.90 Å². The van der Waals surface area contributed by atoms with Crippen LogP contribution >= 0.6 is 0 Å². The summed E-state index contributed by atoms with van der Waals surface area (Å²) in [5.74, 6) is -3.41. The quantitative estimate of drug-likeness (QED) is 0.757. The van der Waals surface area contributed by atoms with Gasteiger partial charge in [-0.3, -0.25) is 0 Å². The van der Waals surface area contributed by atoms with Gasteiger partial charge in [-0.2, -0.15) is 0 Å². The molecule has 1 fully saturated rings. The van der Waals surface area contributed by atoms with E-state index in [1.807, 2.05) is 0 Å². The number of benzene rings is 1. The summed E-state index contributed by atoms with van der Waals surface area (Å²) in [4.78, 5) is 23.8. The van der Waals surface area contributed by atoms with Crippen LogP contribution < -0.4 is 5.32 Å². The molecule has 1 saturated heterocycles. The predicted octanol–water partition coefficient (Wildman–Crippen LogP) is 1.02. The number of amides is 2. The highest BCUT2D eigenvalue weighted by Crippen LogP contribution is 2.20. The lowest BCUT2D eigenvalue weighted by Gasteiger charge is -2.21. The predicted molar refractivity (Wildman–Crippen MR) is 64.1 cm³/mol. The molecule has 0 saturated carbocycles. The van der Waals surface area contributed by atoms with Crippen LogP contribution in [-0.2, 0) is 4.79 Å². The van der Waals surface area contributed by atoms with Crippen molar-refractivity contribution >= 4 is 17.7 Å². The van der Waals surface area contributed by atoms with Crippen molar-refractivity contribution in [2.45, 2.75) is 18.6 Å². The number of aliphatic hydroxyl groups is 1. The van der Waals surface area contributed by atoms with Gasteiger partial charge in [-0.05, 0) is 12.1 Å². The van der Waals surface area contributed by atoms with Crippen LogP contribution in [0.1, 0.15) is 6.42 Å². The van der Waals surface area contributed by atoms with Gasteiger partial charge in [0.15, 0.2) is 11.6 Å². The second kappa shape index (κ2) is 5.41. The Kier molecular flexibility index (Phi) is 3.84. The summed E-state index contributed by atoms with van der Waals surface area (Å²) in [6, 6.07) is 0.849. The van der Waals surface area contributed by atoms with Crippen LogP contribution in [0.2, 0.25) is 0 Å². The number of hydrogen-bond acceptors (Lipinski definition) is 3. The van der Waals surface area contributed by atoms with Crippen molar-refractivity contribution in [3.05, 3.63) is 29.8 Å². The summed E-state index contributed by atoms with van der Waals surface area (Å²) in [5, 5.41) is 20.6. The third-order valence-electron chi connectivity index (χ3n) is 3.00. The van der Waals surface area contributed by atoms with Gasteiger partial charge in [-0.15, -0.1) is 0 Å². The number of β-amino-alcohol motifs (C(OH)–C–C–N with tert-alkyl or cyclic N) is 1. The molecule has 8 heteroatoms. The summed E-state index contributed by atoms with van der Waals surface area (Å²) in [7, 11) is 0. The minimum atomic E-state index is -1.23. The highest BCUT2D eigenvalue weighted by Gasteiger charge is 2.39. The molecule has 108 valence electrons. The Morgan fingerprint density at radius 2 is 2.00 bits per heavy atom. The largest absolute Gasteiger partial charge is 0.480 e. The maximum absolute atomic E-state index is 13.0. The van der Waals surface area contributed by atoms with E-state index in [9.17, 15) is 23.5 Å². The van der Waals surface area contributed by atoms with Gasteiger partial charge in [-0.25, -0.2) is 18.4 Å². The normalized spacial score (nSPS) is 21.9. The number of nitrogens with zero attached hydrogens (tertiary/aromatic N) is 1. The molecular weight excluding hydrogens is 274 g/mol. The maximum atomic E-state index is 13.0. The number of aliphatic carboxylic acids is 1. The average Bonchev–Trinajstić information content (AvgIpc) is 2.76. The number of carbonyl (C=O) groups excluding carboxylic acids is 1. The van der Waals surface area contributed by atoms with Gasteiger partial charge in [0.05, 0.1) is 6.10 Å². The first-order valence-electron chi connectivity index (χ1n) is 5.82. The molecule has 0 radical (unpaired) electrons. The van der Waals surface area contributed by atoms with Gasteiger partial charge >= 0.3 is 12.0 Å². The summed E-state index contributed by atoms with van der Waals surface area (Å²) in [6.07, 6.45) is -0.993. The Hall–Kier alpha value is -2.22. The third kappa shape index (κ3) is 2.85. The molecule has 1 aliphatic rings. The van der Waals surface area contributed by atoms with E-state index in [-0.39, 0.29) is 18.7 Å². The van der Waals surface area contributed by atoms with E-state index in [0.717, 1.165) is 23.1 Å². The average molecular weight is 286 g/mol. The Balaban J connectivity index is 2.11. The molecule has 0 spiro atoms. The van der Waals surface area contributed by atoms with E-state index < -0.39 is 35.8 Å². The summed E-state index contributed by atoms with van der Waals surface area (Å²) in [5.41, 5.74) is -0.000529. The number of likely N-dealkylation sites (tertiary alicyclic amines) is 1. The maximum Gasteiger partial charge on any atom is 0.326 e. The van der Waals surface area contributed by atoms with Crippen molar-refractivity contribution in [3.8, 4) is 0 Å². The van der Waals surface area contributed by atoms with Crippen molar-refractivity contribution in [2.75, 3.05) is 11.9 Å². The van der Waals surface area contributed by atoms with Gasteiger partial charge in [0.25, 0.3) is 0 Å². The SMILES string of the molecule is O=C(O)[C@H]1C[C@@H](O)CN1C(=O)Nc1ccc(F)c(F)c1. The zero-order valence-electron chi connectivity index (χ0n) is 10.2. The fourth-order valence-electron chi connectivity index (χ4n) is 2.04. The van der Waals surface area contributed by atoms with E-state index in [4.69, 9.17) is 5.11 Å². The fraction of sp³-hybridized carbons (Fsp3) is 0.333. The van der Waals surface area contributed by atoms with Crippen molar-refractivity contribution < 1.29 is 28.6 Å². The molecule has 2 amide bonds. The lowest BCUT2D eigenvalue weighted by Crippen LogP contribution is -2.43. The van der Waals surface area contributed by atoms with Crippen molar-refractivity contribution in [1.29, 1.82) is 0 Å². The number of halogens is 2. The number of rotatable bonds is 2. The van der Waals surface area contributed by atoms with Gasteiger partial charge in [0, 0.05) is 24.7 Å². The highest BCUT2D eigenvalue weighted by molar-refractivity contribution is 5.92. The van der Waals surface area contributed by atoms with Crippen LogP contribution in [0.15, 0.2) is 18.2 Å². The molecule has 0 unspecified atom stereocenters. The Labute approximate surface area is 112 Å². The van der Waals surface area contributed by atoms with E-state index >= 15 is 0 Å². The lowest BCUT2D eigenvalue weighted by molar-refractivity contribution is -0.141. The molecule has 20 heavy (non-hydrogen) atoms. The number of carbonyl (C=O) groups is 2. The monoisotopic (exact) mass is 286 g/mol. The smallest absolute Gasteiger partial charge is 0.326 e. The number of anilines is 1. The molecule has 1 heterocycles. The highest BCUT2D eigenvalue weighted by atomic mass is 19.2. The number of carboxylic acids is 1. The first kappa shape index (κ1) is 14.2. The fourth-order valence-corrected chi connectivity index (χ4v) is 2.04. The molecule has 2 rings (SSSR count). The number of aliphatic hydroxyl groups excluding tert-OH is 1. The Morgan fingerprint density at radius 1 is 1.30 bits per heavy atom. The van der Waals surface area contributed by atoms with Crippen LogP contribution in [0.5, 0.6) is 0 Å². The van der Waals surface area contributed by atoms with Crippen molar-refractivity contribution in [3.63, 3.8) is 0 Å². The van der Waals surface area contributed by atoms with Crippen LogP contribution in [-0.4, -0.2) is 45.8 Å². The van der Waals surface area contributed by atoms with Crippen molar-refractivity contribution in [2.24, 2.45) is 0 Å². The second-order valence-corrected chi connectivity index (χ2v) is 4.45. The van der Waals surface area contributed by atoms with E-state index in [1.54, 1.807) is 0 Å². The zero-order valence-corrected chi connectivity index (χ0v) is 10.2. The molecule has 0 bridgehead atoms. The molecule has 3 N–H and O–H groups in total. The molecule has 1 aromatic carbocycles. The van der Waals surface area contributed by atoms with E-state index in [1.165, 1.54) is 0 Å². The minimum Gasteiger partial charge on any atom is -0.480 e. The van der Waals surface area contributed by atoms with Gasteiger partial charge in [-0.1, -0.05) is 0 Å². The summed E-state index contributed by atoms with van der Waals surface area (Å²) >= 11 is 0. The first-order valence-corrected chi connectivity index (χ1v) is 5.82. The second-order valence-electron chi connectivity index (χ2n) is 4.45. The number of hydrogen-bond donors (Lipinski definition) is 3. The zero-order chi connectivity index (χ0) is 14.9. The molecule has 1 aromatic rings. The third-order valence-corrected chi connectivity index (χ3v) is 3.00. The van der Waals surface area contributed by atoms with Gasteiger partial charge in [0.1, 0.15) is 6.04 Å². The van der Waals surface area contributed by atoms with Crippen LogP contribution in [0, 0.1) is 11.6 Å². The molecule has 0 aliphatic carbocycles. The number of nitrogens with one attached hydrogen (secondary N) is 1. The first-order chi connectivity index (χ1) is 9.38. The van der Waals surface area contributed by atoms with E-state index in [0.29, 0.717) is 0 Å². The van der Waals surface area contributed by atoms with Crippen LogP contribution in [0.25, 0.3) is 0 Å². The topological polar surface area (TPSA) is 89.9 Å². The Bertz CT molecular complexity index is 552. The molecular formula is C12H12F2N2O4. The number of carboxylic acid groups (broad SMARTS) is 1. The number of urea groups is 1. The van der Waals surface area contributed by atoms with E-state index in [2.05, 4.69) is 5.32 Å². The molecule has 0 aromatic heterocycles. The van der Waals surface area contributed by atoms with Gasteiger partial charge < -0.3 is 20.4 Å². The lowest BCUT2D eigenvalue weighted by atomic mass is 10.2. The summed E-state index contributed by atoms with van der Waals surface area (Å²) in [6.45, 7) is -0.132. The Morgan fingerprint density at radius 3 is 2.60 bits per heavy atom. The summed E-state index contributed by atoms with van der Waals surface area (Å²) < 4.78 is 25.7. The minimum absolute atomic E-state index is 0.000529. The standard InChI is InChI=1S/C12H12F2N2O4/c13-8-2-1-6(3-9(8)14)15-12(20)16-5-7(17)4-10(16)11(18)19/h1-3,7,10,17H,4-5H2,(H,15,20)(H,18,19)/t7-,10-/m1/s1. The van der Waals surface area contributed by atoms with Crippen LogP contribution in [0.3, 0.4) is 0 Å². The molecule has 6 nitrogen and oxygen atoms in total. The molecule has 1 aliphatic heterocycles.